The number of nitrogens with zero attached hydrogens (tertiary/aromatic N) is 3. The van der Waals surface area contributed by atoms with Gasteiger partial charge in [0.1, 0.15) is 5.82 Å². The second-order valence-electron chi connectivity index (χ2n) is 12.6. The Kier molecular flexibility index (Phi) is 7.35. The smallest absolute Gasteiger partial charge is 0.248 e. The summed E-state index contributed by atoms with van der Waals surface area (Å²) in [6, 6.07) is 5.28. The molecule has 2 saturated carbocycles. The van der Waals surface area contributed by atoms with E-state index in [4.69, 9.17) is 4.98 Å². The first kappa shape index (κ1) is 27.5. The molecule has 38 heavy (non-hydrogen) atoms. The highest BCUT2D eigenvalue weighted by Crippen LogP contribution is 2.38. The van der Waals surface area contributed by atoms with Crippen LogP contribution >= 0.6 is 0 Å². The second-order valence-corrected chi connectivity index (χ2v) is 14.5. The van der Waals surface area contributed by atoms with Crippen molar-refractivity contribution in [2.75, 3.05) is 13.1 Å². The van der Waals surface area contributed by atoms with Crippen molar-refractivity contribution in [1.29, 1.82) is 0 Å². The Balaban J connectivity index is 1.39. The van der Waals surface area contributed by atoms with Gasteiger partial charge in [-0.05, 0) is 69.1 Å². The van der Waals surface area contributed by atoms with Crippen LogP contribution in [-0.4, -0.2) is 53.2 Å². The Morgan fingerprint density at radius 1 is 1.11 bits per heavy atom. The number of rotatable bonds is 6. The summed E-state index contributed by atoms with van der Waals surface area (Å²) in [6.45, 7) is 7.34. The molecule has 3 aliphatic rings. The largest absolute Gasteiger partial charge is 0.353 e. The number of hydrogen-bond acceptors (Lipinski definition) is 4. The van der Waals surface area contributed by atoms with Gasteiger partial charge in [0.15, 0.2) is 0 Å². The first-order chi connectivity index (χ1) is 17.8. The monoisotopic (exact) mass is 550 g/mol. The first-order valence-corrected chi connectivity index (χ1v) is 15.5. The number of nitrogens with one attached hydrogen (secondary N) is 1. The van der Waals surface area contributed by atoms with Crippen molar-refractivity contribution < 1.29 is 22.0 Å². The average Bonchev–Trinajstić information content (AvgIpc) is 3.21. The van der Waals surface area contributed by atoms with Crippen LogP contribution < -0.4 is 5.32 Å². The third-order valence-electron chi connectivity index (χ3n) is 8.51. The van der Waals surface area contributed by atoms with Crippen molar-refractivity contribution in [3.8, 4) is 0 Å². The SMILES string of the molecule is CC(C)(C)c1nc2cc(S(=O)(=O)N3CCC[C@H](C(=O)NC4CCC4)C3)ccc2n1CC1CCC(F)(F)CC1. The third-order valence-corrected chi connectivity index (χ3v) is 10.4. The van der Waals surface area contributed by atoms with Gasteiger partial charge in [-0.15, -0.1) is 0 Å². The number of imidazole rings is 1. The van der Waals surface area contributed by atoms with E-state index < -0.39 is 15.9 Å². The van der Waals surface area contributed by atoms with Crippen molar-refractivity contribution in [1.82, 2.24) is 19.2 Å². The molecule has 1 N–H and O–H groups in total. The number of carbonyl (C=O) groups excluding carboxylic acids is 1. The maximum absolute atomic E-state index is 13.7. The van der Waals surface area contributed by atoms with Gasteiger partial charge in [0, 0.05) is 43.9 Å². The summed E-state index contributed by atoms with van der Waals surface area (Å²) in [7, 11) is -3.80. The molecule has 2 aromatic rings. The van der Waals surface area contributed by atoms with E-state index in [9.17, 15) is 22.0 Å². The Hall–Kier alpha value is -2.07. The minimum atomic E-state index is -3.80. The number of hydrogen-bond donors (Lipinski definition) is 1. The molecule has 1 amide bonds. The van der Waals surface area contributed by atoms with Crippen LogP contribution in [-0.2, 0) is 26.8 Å². The van der Waals surface area contributed by atoms with Crippen LogP contribution in [0.3, 0.4) is 0 Å². The first-order valence-electron chi connectivity index (χ1n) is 14.0. The molecule has 1 saturated heterocycles. The summed E-state index contributed by atoms with van der Waals surface area (Å²) < 4.78 is 58.3. The highest BCUT2D eigenvalue weighted by Gasteiger charge is 2.37. The summed E-state index contributed by atoms with van der Waals surface area (Å²) >= 11 is 0. The van der Waals surface area contributed by atoms with Crippen LogP contribution in [0, 0.1) is 11.8 Å². The molecule has 3 fully saturated rings. The maximum atomic E-state index is 13.7. The minimum absolute atomic E-state index is 0.0425. The molecule has 1 atom stereocenters. The molecule has 1 aliphatic heterocycles. The van der Waals surface area contributed by atoms with Gasteiger partial charge >= 0.3 is 0 Å². The molecule has 5 rings (SSSR count). The molecule has 0 spiro atoms. The molecular weight excluding hydrogens is 510 g/mol. The van der Waals surface area contributed by atoms with Gasteiger partial charge < -0.3 is 9.88 Å². The van der Waals surface area contributed by atoms with E-state index in [1.165, 1.54) is 4.31 Å². The maximum Gasteiger partial charge on any atom is 0.248 e. The van der Waals surface area contributed by atoms with Crippen LogP contribution in [0.2, 0.25) is 0 Å². The number of alkyl halides is 2. The molecule has 210 valence electrons. The number of aromatic nitrogens is 2. The van der Waals surface area contributed by atoms with Gasteiger partial charge in [0.25, 0.3) is 0 Å². The lowest BCUT2D eigenvalue weighted by atomic mass is 9.86. The Labute approximate surface area is 224 Å². The molecule has 0 radical (unpaired) electrons. The number of halogens is 2. The fraction of sp³-hybridized carbons (Fsp3) is 0.714. The van der Waals surface area contributed by atoms with E-state index in [2.05, 4.69) is 30.7 Å². The molecule has 0 bridgehead atoms. The molecule has 2 heterocycles. The molecular formula is C28H40F2N4O3S. The molecule has 2 aliphatic carbocycles. The molecule has 1 aromatic heterocycles. The average molecular weight is 551 g/mol. The number of carbonyl (C=O) groups is 1. The number of sulfonamides is 1. The van der Waals surface area contributed by atoms with E-state index in [0.717, 1.165) is 30.6 Å². The molecule has 1 aromatic carbocycles. The third kappa shape index (κ3) is 5.62. The Bertz CT molecular complexity index is 1290. The normalized spacial score (nSPS) is 23.9. The van der Waals surface area contributed by atoms with Crippen LogP contribution in [0.25, 0.3) is 11.0 Å². The van der Waals surface area contributed by atoms with E-state index >= 15 is 0 Å². The van der Waals surface area contributed by atoms with Crippen molar-refractivity contribution in [2.24, 2.45) is 11.8 Å². The van der Waals surface area contributed by atoms with E-state index in [1.54, 1.807) is 18.2 Å². The predicted molar refractivity (Wildman–Crippen MR) is 143 cm³/mol. The Morgan fingerprint density at radius 3 is 2.45 bits per heavy atom. The van der Waals surface area contributed by atoms with Gasteiger partial charge in [0.05, 0.1) is 21.8 Å². The zero-order chi connectivity index (χ0) is 27.3. The van der Waals surface area contributed by atoms with Crippen molar-refractivity contribution >= 4 is 27.0 Å². The Morgan fingerprint density at radius 2 is 1.82 bits per heavy atom. The lowest BCUT2D eigenvalue weighted by Crippen LogP contribution is -2.48. The van der Waals surface area contributed by atoms with Crippen LogP contribution in [0.15, 0.2) is 23.1 Å². The second kappa shape index (κ2) is 10.2. The topological polar surface area (TPSA) is 84.3 Å². The summed E-state index contributed by atoms with van der Waals surface area (Å²) in [5.41, 5.74) is 1.11. The summed E-state index contributed by atoms with van der Waals surface area (Å²) in [4.78, 5) is 17.8. The van der Waals surface area contributed by atoms with Crippen molar-refractivity contribution in [2.45, 2.75) is 107 Å². The van der Waals surface area contributed by atoms with E-state index in [0.29, 0.717) is 44.3 Å². The number of benzene rings is 1. The fourth-order valence-electron chi connectivity index (χ4n) is 5.96. The van der Waals surface area contributed by atoms with Crippen LogP contribution in [0.5, 0.6) is 0 Å². The van der Waals surface area contributed by atoms with Gasteiger partial charge in [-0.2, -0.15) is 4.31 Å². The highest BCUT2D eigenvalue weighted by atomic mass is 32.2. The summed E-state index contributed by atoms with van der Waals surface area (Å²) in [5.74, 6) is -2.00. The standard InChI is InChI=1S/C28H40F2N4O3S/c1-27(2,3)26-32-23-16-22(9-10-24(23)34(26)17-19-11-13-28(29,30)14-12-19)38(36,37)33-15-5-6-20(18-33)25(35)31-21-7-4-8-21/h9-10,16,19-21H,4-8,11-15,17-18H2,1-3H3,(H,31,35)/t20-/m0/s1. The molecule has 7 nitrogen and oxygen atoms in total. The van der Waals surface area contributed by atoms with Crippen molar-refractivity contribution in [3.05, 3.63) is 24.0 Å². The zero-order valence-electron chi connectivity index (χ0n) is 22.7. The van der Waals surface area contributed by atoms with E-state index in [1.807, 2.05) is 0 Å². The van der Waals surface area contributed by atoms with E-state index in [-0.39, 0.29) is 53.5 Å². The molecule has 10 heteroatoms. The number of amides is 1. The van der Waals surface area contributed by atoms with Gasteiger partial charge in [-0.25, -0.2) is 22.2 Å². The van der Waals surface area contributed by atoms with Gasteiger partial charge in [0.2, 0.25) is 21.9 Å². The quantitative estimate of drug-likeness (QED) is 0.534. The number of fused-ring (bicyclic) bond motifs is 1. The predicted octanol–water partition coefficient (Wildman–Crippen LogP) is 5.23. The van der Waals surface area contributed by atoms with Crippen LogP contribution in [0.1, 0.15) is 84.4 Å². The van der Waals surface area contributed by atoms with Crippen molar-refractivity contribution in [3.63, 3.8) is 0 Å². The van der Waals surface area contributed by atoms with Crippen LogP contribution in [0.4, 0.5) is 8.78 Å². The highest BCUT2D eigenvalue weighted by molar-refractivity contribution is 7.89. The minimum Gasteiger partial charge on any atom is -0.353 e. The summed E-state index contributed by atoms with van der Waals surface area (Å²) in [6.07, 6.45) is 5.21. The fourth-order valence-corrected chi connectivity index (χ4v) is 7.51. The number of piperidine rings is 1. The zero-order valence-corrected chi connectivity index (χ0v) is 23.5. The van der Waals surface area contributed by atoms with Gasteiger partial charge in [-0.3, -0.25) is 4.79 Å². The summed E-state index contributed by atoms with van der Waals surface area (Å²) in [5, 5.41) is 3.07. The lowest BCUT2D eigenvalue weighted by molar-refractivity contribution is -0.127. The van der Waals surface area contributed by atoms with Gasteiger partial charge in [-0.1, -0.05) is 20.8 Å². The molecule has 0 unspecified atom stereocenters. The lowest BCUT2D eigenvalue weighted by Gasteiger charge is -2.33.